The Hall–Kier alpha value is -3.39. The maximum Gasteiger partial charge on any atom is 0.416 e. The molecule has 8 heteroatoms. The first-order valence-electron chi connectivity index (χ1n) is 12.3. The molecule has 1 N–H and O–H groups in total. The average Bonchev–Trinajstić information content (AvgIpc) is 3.34. The molecule has 0 atom stereocenters. The maximum atomic E-state index is 14.0. The second-order valence-corrected chi connectivity index (χ2v) is 9.62. The molecule has 188 valence electrons. The van der Waals surface area contributed by atoms with Crippen LogP contribution < -0.4 is 10.2 Å². The van der Waals surface area contributed by atoms with Crippen molar-refractivity contribution >= 4 is 17.4 Å². The van der Waals surface area contributed by atoms with Crippen LogP contribution in [0.25, 0.3) is 0 Å². The normalized spacial score (nSPS) is 16.4. The number of nitrogens with one attached hydrogen (secondary N) is 1. The summed E-state index contributed by atoms with van der Waals surface area (Å²) in [5.74, 6) is 0.469. The highest BCUT2D eigenvalue weighted by molar-refractivity contribution is 6.08. The van der Waals surface area contributed by atoms with E-state index in [2.05, 4.69) is 22.2 Å². The fourth-order valence-electron chi connectivity index (χ4n) is 5.18. The van der Waals surface area contributed by atoms with E-state index >= 15 is 0 Å². The van der Waals surface area contributed by atoms with E-state index in [1.54, 1.807) is 18.3 Å². The third kappa shape index (κ3) is 5.09. The molecule has 5 nitrogen and oxygen atoms in total. The number of hydrogen-bond donors (Lipinski definition) is 1. The minimum absolute atomic E-state index is 0.00442. The van der Waals surface area contributed by atoms with Gasteiger partial charge in [0.25, 0.3) is 5.91 Å². The van der Waals surface area contributed by atoms with Gasteiger partial charge in [-0.25, -0.2) is 4.98 Å². The molecule has 0 spiro atoms. The first-order chi connectivity index (χ1) is 17.3. The first-order valence-corrected chi connectivity index (χ1v) is 12.3. The van der Waals surface area contributed by atoms with E-state index in [4.69, 9.17) is 0 Å². The molecular formula is C28H29F3N4O. The molecule has 1 saturated heterocycles. The number of benzene rings is 2. The third-order valence-corrected chi connectivity index (χ3v) is 7.09. The van der Waals surface area contributed by atoms with Crippen molar-refractivity contribution in [3.05, 3.63) is 88.6 Å². The van der Waals surface area contributed by atoms with E-state index in [-0.39, 0.29) is 11.9 Å². The lowest BCUT2D eigenvalue weighted by molar-refractivity contribution is -0.137. The number of carbonyl (C=O) groups excluding carboxylic acids is 1. The van der Waals surface area contributed by atoms with Gasteiger partial charge in [-0.05, 0) is 92.8 Å². The Morgan fingerprint density at radius 3 is 2.61 bits per heavy atom. The van der Waals surface area contributed by atoms with Gasteiger partial charge in [-0.1, -0.05) is 24.3 Å². The predicted octanol–water partition coefficient (Wildman–Crippen LogP) is 5.40. The van der Waals surface area contributed by atoms with Gasteiger partial charge in [-0.2, -0.15) is 13.2 Å². The highest BCUT2D eigenvalue weighted by atomic mass is 19.4. The molecule has 0 radical (unpaired) electrons. The van der Waals surface area contributed by atoms with Gasteiger partial charge in [0, 0.05) is 30.0 Å². The van der Waals surface area contributed by atoms with Gasteiger partial charge in [0.2, 0.25) is 0 Å². The van der Waals surface area contributed by atoms with Gasteiger partial charge in [0.15, 0.2) is 0 Å². The number of fused-ring (bicyclic) bond motifs is 1. The zero-order chi connectivity index (χ0) is 25.3. The minimum Gasteiger partial charge on any atom is -0.384 e. The number of alkyl halides is 3. The van der Waals surface area contributed by atoms with E-state index in [1.165, 1.54) is 12.1 Å². The van der Waals surface area contributed by atoms with E-state index in [0.717, 1.165) is 61.8 Å². The molecule has 5 rings (SSSR count). The van der Waals surface area contributed by atoms with E-state index in [9.17, 15) is 18.0 Å². The van der Waals surface area contributed by atoms with Crippen molar-refractivity contribution in [1.82, 2.24) is 9.88 Å². The van der Waals surface area contributed by atoms with E-state index < -0.39 is 11.7 Å². The maximum absolute atomic E-state index is 14.0. The fraction of sp³-hybridized carbons (Fsp3) is 0.357. The van der Waals surface area contributed by atoms with Crippen LogP contribution in [0.5, 0.6) is 0 Å². The molecule has 0 unspecified atom stereocenters. The summed E-state index contributed by atoms with van der Waals surface area (Å²) < 4.78 is 39.6. The highest BCUT2D eigenvalue weighted by Crippen LogP contribution is 2.32. The smallest absolute Gasteiger partial charge is 0.384 e. The van der Waals surface area contributed by atoms with E-state index in [1.807, 2.05) is 29.2 Å². The van der Waals surface area contributed by atoms with Crippen LogP contribution in [0.4, 0.5) is 24.7 Å². The SMILES string of the molecule is CN1CCC(N(C(=O)c2cccc3c2CCN3)c2cc(Cc3cccc(C(F)(F)F)c3)ccn2)CC1. The zero-order valence-corrected chi connectivity index (χ0v) is 20.2. The summed E-state index contributed by atoms with van der Waals surface area (Å²) in [6.07, 6.45) is 0.0250. The monoisotopic (exact) mass is 494 g/mol. The fourth-order valence-corrected chi connectivity index (χ4v) is 5.18. The number of halogens is 3. The van der Waals surface area contributed by atoms with Crippen molar-refractivity contribution in [2.45, 2.75) is 37.9 Å². The van der Waals surface area contributed by atoms with Gasteiger partial charge in [0.05, 0.1) is 5.56 Å². The van der Waals surface area contributed by atoms with Crippen molar-refractivity contribution in [1.29, 1.82) is 0 Å². The molecule has 2 aliphatic heterocycles. The van der Waals surface area contributed by atoms with Crippen LogP contribution in [0.2, 0.25) is 0 Å². The molecule has 0 saturated carbocycles. The number of carbonyl (C=O) groups is 1. The first kappa shape index (κ1) is 24.3. The molecule has 2 aliphatic rings. The lowest BCUT2D eigenvalue weighted by atomic mass is 9.98. The summed E-state index contributed by atoms with van der Waals surface area (Å²) in [5, 5.41) is 3.34. The third-order valence-electron chi connectivity index (χ3n) is 7.09. The Balaban J connectivity index is 1.48. The summed E-state index contributed by atoms with van der Waals surface area (Å²) in [4.78, 5) is 22.7. The van der Waals surface area contributed by atoms with Crippen molar-refractivity contribution < 1.29 is 18.0 Å². The number of likely N-dealkylation sites (tertiary alicyclic amines) is 1. The Morgan fingerprint density at radius 1 is 1.08 bits per heavy atom. The molecule has 3 heterocycles. The summed E-state index contributed by atoms with van der Waals surface area (Å²) in [7, 11) is 2.08. The number of amides is 1. The van der Waals surface area contributed by atoms with Crippen LogP contribution in [0.3, 0.4) is 0 Å². The molecule has 2 aromatic carbocycles. The Labute approximate surface area is 208 Å². The number of rotatable bonds is 5. The second-order valence-electron chi connectivity index (χ2n) is 9.62. The Kier molecular flexibility index (Phi) is 6.71. The Morgan fingerprint density at radius 2 is 1.83 bits per heavy atom. The van der Waals surface area contributed by atoms with Crippen molar-refractivity contribution in [3.8, 4) is 0 Å². The quantitative estimate of drug-likeness (QED) is 0.516. The molecule has 36 heavy (non-hydrogen) atoms. The number of pyridine rings is 1. The number of aromatic nitrogens is 1. The zero-order valence-electron chi connectivity index (χ0n) is 20.2. The second kappa shape index (κ2) is 9.93. The molecule has 1 fully saturated rings. The molecule has 0 bridgehead atoms. The van der Waals surface area contributed by atoms with Crippen LogP contribution in [-0.4, -0.2) is 48.5 Å². The lowest BCUT2D eigenvalue weighted by Crippen LogP contribution is -2.47. The standard InChI is InChI=1S/C28H29F3N4O/c1-34-14-10-22(11-15-34)35(27(36)24-6-3-7-25-23(24)9-13-32-25)26-18-20(8-12-33-26)16-19-4-2-5-21(17-19)28(29,30)31/h2-8,12,17-18,22,32H,9-11,13-16H2,1H3. The van der Waals surface area contributed by atoms with Crippen LogP contribution in [0.15, 0.2) is 60.8 Å². The minimum atomic E-state index is -4.39. The van der Waals surface area contributed by atoms with Crippen LogP contribution in [0, 0.1) is 0 Å². The molecule has 0 aliphatic carbocycles. The Bertz CT molecular complexity index is 1250. The topological polar surface area (TPSA) is 48.5 Å². The lowest BCUT2D eigenvalue weighted by Gasteiger charge is -2.37. The van der Waals surface area contributed by atoms with Crippen molar-refractivity contribution in [2.75, 3.05) is 36.9 Å². The summed E-state index contributed by atoms with van der Waals surface area (Å²) >= 11 is 0. The van der Waals surface area contributed by atoms with Gasteiger partial charge < -0.3 is 10.2 Å². The molecular weight excluding hydrogens is 465 g/mol. The average molecular weight is 495 g/mol. The van der Waals surface area contributed by atoms with Gasteiger partial charge in [0.1, 0.15) is 5.82 Å². The van der Waals surface area contributed by atoms with Gasteiger partial charge in [-0.15, -0.1) is 0 Å². The molecule has 1 amide bonds. The largest absolute Gasteiger partial charge is 0.416 e. The van der Waals surface area contributed by atoms with Crippen LogP contribution in [0.1, 0.15) is 45.5 Å². The summed E-state index contributed by atoms with van der Waals surface area (Å²) in [5.41, 5.74) is 3.41. The highest BCUT2D eigenvalue weighted by Gasteiger charge is 2.33. The number of anilines is 2. The summed E-state index contributed by atoms with van der Waals surface area (Å²) in [6, 6.07) is 14.8. The number of piperidine rings is 1. The van der Waals surface area contributed by atoms with E-state index in [0.29, 0.717) is 23.4 Å². The van der Waals surface area contributed by atoms with Crippen LogP contribution >= 0.6 is 0 Å². The van der Waals surface area contributed by atoms with Crippen molar-refractivity contribution in [2.24, 2.45) is 0 Å². The number of hydrogen-bond acceptors (Lipinski definition) is 4. The van der Waals surface area contributed by atoms with Gasteiger partial charge >= 0.3 is 6.18 Å². The summed E-state index contributed by atoms with van der Waals surface area (Å²) in [6.45, 7) is 2.57. The van der Waals surface area contributed by atoms with Crippen molar-refractivity contribution in [3.63, 3.8) is 0 Å². The molecule has 3 aromatic rings. The predicted molar refractivity (Wildman–Crippen MR) is 134 cm³/mol. The molecule has 1 aromatic heterocycles. The van der Waals surface area contributed by atoms with Crippen LogP contribution in [-0.2, 0) is 19.0 Å². The number of nitrogens with zero attached hydrogens (tertiary/aromatic N) is 3. The van der Waals surface area contributed by atoms with Gasteiger partial charge in [-0.3, -0.25) is 9.69 Å².